The van der Waals surface area contributed by atoms with Gasteiger partial charge >= 0.3 is 0 Å². The Morgan fingerprint density at radius 3 is 2.49 bits per heavy atom. The molecule has 2 bridgehead atoms. The molecular weight excluding hydrogens is 486 g/mol. The number of nitrogens with one attached hydrogen (secondary N) is 1. The van der Waals surface area contributed by atoms with E-state index in [0.29, 0.717) is 6.04 Å². The molecule has 8 heteroatoms. The fourth-order valence-corrected chi connectivity index (χ4v) is 8.29. The number of ether oxygens (including phenoxy) is 1. The van der Waals surface area contributed by atoms with Crippen LogP contribution in [-0.4, -0.2) is 55.4 Å². The minimum Gasteiger partial charge on any atom is -0.494 e. The van der Waals surface area contributed by atoms with Gasteiger partial charge in [0.05, 0.1) is 18.3 Å². The van der Waals surface area contributed by atoms with E-state index in [2.05, 4.69) is 22.3 Å². The molecule has 0 spiro atoms. The largest absolute Gasteiger partial charge is 0.494 e. The number of methoxy groups -OCH3 is 1. The number of amides is 1. The molecule has 2 saturated heterocycles. The third-order valence-electron chi connectivity index (χ3n) is 8.72. The van der Waals surface area contributed by atoms with Gasteiger partial charge in [0.25, 0.3) is 5.91 Å². The highest BCUT2D eigenvalue weighted by Gasteiger charge is 2.49. The van der Waals surface area contributed by atoms with Crippen LogP contribution >= 0.6 is 0 Å². The zero-order valence-corrected chi connectivity index (χ0v) is 22.8. The second-order valence-electron chi connectivity index (χ2n) is 10.8. The Balaban J connectivity index is 1.42. The molecule has 1 saturated carbocycles. The van der Waals surface area contributed by atoms with Crippen molar-refractivity contribution in [3.05, 3.63) is 59.7 Å². The molecule has 5 rings (SSSR count). The minimum atomic E-state index is -3.82. The summed E-state index contributed by atoms with van der Waals surface area (Å²) < 4.78 is 34.4. The van der Waals surface area contributed by atoms with E-state index >= 15 is 0 Å². The van der Waals surface area contributed by atoms with Crippen LogP contribution in [0.2, 0.25) is 0 Å². The van der Waals surface area contributed by atoms with Crippen LogP contribution in [0.25, 0.3) is 0 Å². The molecule has 0 aromatic heterocycles. The molecular formula is C29H39N3O4S. The van der Waals surface area contributed by atoms with Gasteiger partial charge in [0, 0.05) is 25.7 Å². The van der Waals surface area contributed by atoms with Gasteiger partial charge in [-0.25, -0.2) is 8.42 Å². The van der Waals surface area contributed by atoms with Gasteiger partial charge in [-0.1, -0.05) is 55.7 Å². The molecule has 0 radical (unpaired) electrons. The van der Waals surface area contributed by atoms with E-state index in [9.17, 15) is 13.2 Å². The van der Waals surface area contributed by atoms with Gasteiger partial charge in [0.2, 0.25) is 10.0 Å². The predicted octanol–water partition coefficient (Wildman–Crippen LogP) is 4.92. The van der Waals surface area contributed by atoms with E-state index in [4.69, 9.17) is 4.74 Å². The summed E-state index contributed by atoms with van der Waals surface area (Å²) in [5, 5.41) is 3.35. The van der Waals surface area contributed by atoms with Crippen LogP contribution in [0.15, 0.2) is 53.4 Å². The lowest BCUT2D eigenvalue weighted by atomic mass is 9.95. The number of hydrogen-bond donors (Lipinski definition) is 1. The smallest absolute Gasteiger partial charge is 0.256 e. The average Bonchev–Trinajstić information content (AvgIpc) is 3.10. The van der Waals surface area contributed by atoms with Crippen LogP contribution < -0.4 is 10.1 Å². The molecule has 1 N–H and O–H groups in total. The number of benzene rings is 2. The lowest BCUT2D eigenvalue weighted by Gasteiger charge is -2.45. The predicted molar refractivity (Wildman–Crippen MR) is 144 cm³/mol. The first-order chi connectivity index (χ1) is 17.9. The van der Waals surface area contributed by atoms with Gasteiger partial charge in [-0.05, 0) is 62.6 Å². The Hall–Kier alpha value is -2.42. The number of carbonyl (C=O) groups excluding carboxylic acids is 1. The molecule has 2 aromatic carbocycles. The second-order valence-corrected chi connectivity index (χ2v) is 12.8. The molecule has 2 aromatic rings. The number of rotatable bonds is 8. The van der Waals surface area contributed by atoms with Gasteiger partial charge in [-0.15, -0.1) is 0 Å². The maximum absolute atomic E-state index is 13.8. The maximum Gasteiger partial charge on any atom is 0.256 e. The minimum absolute atomic E-state index is 0.0240. The highest BCUT2D eigenvalue weighted by molar-refractivity contribution is 7.89. The van der Waals surface area contributed by atoms with E-state index in [-0.39, 0.29) is 28.2 Å². The number of hydrogen-bond acceptors (Lipinski definition) is 5. The van der Waals surface area contributed by atoms with Crippen molar-refractivity contribution in [3.8, 4) is 5.75 Å². The zero-order chi connectivity index (χ0) is 26.0. The summed E-state index contributed by atoms with van der Waals surface area (Å²) in [6.07, 6.45) is 9.95. The van der Waals surface area contributed by atoms with E-state index in [1.54, 1.807) is 25.2 Å². The molecule has 1 aliphatic carbocycles. The standard InChI is InChI=1S/C29H39N3O4S/c1-31(23-13-7-4-8-14-23)37(34,35)26-17-9-16-25(27(26)36-2)28(33)30-29-19-10-15-24(18-20-29)32(29)21-22-11-5-3-6-12-22/h3,5-6,9,11-12,16-17,23-24H,4,7-8,10,13-15,18-21H2,1-2H3,(H,30,33)/t24?,29-/m0/s1. The normalized spacial score (nSPS) is 24.8. The Kier molecular flexibility index (Phi) is 7.61. The van der Waals surface area contributed by atoms with Crippen molar-refractivity contribution < 1.29 is 17.9 Å². The molecule has 1 amide bonds. The first kappa shape index (κ1) is 26.2. The molecule has 37 heavy (non-hydrogen) atoms. The molecule has 1 unspecified atom stereocenters. The quantitative estimate of drug-likeness (QED) is 0.529. The van der Waals surface area contributed by atoms with E-state index in [1.807, 2.05) is 18.2 Å². The molecule has 3 fully saturated rings. The Labute approximate surface area is 221 Å². The Morgan fingerprint density at radius 2 is 1.76 bits per heavy atom. The Morgan fingerprint density at radius 1 is 1.00 bits per heavy atom. The van der Waals surface area contributed by atoms with Crippen LogP contribution in [0.5, 0.6) is 5.75 Å². The van der Waals surface area contributed by atoms with Crippen molar-refractivity contribution >= 4 is 15.9 Å². The van der Waals surface area contributed by atoms with Gasteiger partial charge in [0.15, 0.2) is 5.75 Å². The first-order valence-electron chi connectivity index (χ1n) is 13.6. The van der Waals surface area contributed by atoms with Crippen LogP contribution in [0.1, 0.15) is 80.1 Å². The zero-order valence-electron chi connectivity index (χ0n) is 22.0. The summed E-state index contributed by atoms with van der Waals surface area (Å²) in [6, 6.07) is 15.7. The number of piperidine rings is 1. The van der Waals surface area contributed by atoms with Crippen molar-refractivity contribution in [2.24, 2.45) is 0 Å². The fraction of sp³-hybridized carbons (Fsp3) is 0.552. The molecule has 3 aliphatic rings. The van der Waals surface area contributed by atoms with Crippen molar-refractivity contribution in [1.29, 1.82) is 0 Å². The lowest BCUT2D eigenvalue weighted by Crippen LogP contribution is -2.60. The van der Waals surface area contributed by atoms with Crippen LogP contribution in [0, 0.1) is 0 Å². The molecule has 2 aliphatic heterocycles. The average molecular weight is 526 g/mol. The summed E-state index contributed by atoms with van der Waals surface area (Å²) in [5.74, 6) is -0.158. The first-order valence-corrected chi connectivity index (χ1v) is 15.1. The third-order valence-corrected chi connectivity index (χ3v) is 10.7. The number of fused-ring (bicyclic) bond motifs is 2. The SMILES string of the molecule is COc1c(C(=O)N[C@]23CCCC(CC2)N3Cc2ccccc2)cccc1S(=O)(=O)N(C)C1CCCCC1. The van der Waals surface area contributed by atoms with E-state index in [0.717, 1.165) is 70.8 Å². The van der Waals surface area contributed by atoms with Crippen LogP contribution in [-0.2, 0) is 16.6 Å². The number of carbonyl (C=O) groups is 1. The maximum atomic E-state index is 13.8. The van der Waals surface area contributed by atoms with E-state index < -0.39 is 15.7 Å². The topological polar surface area (TPSA) is 79.0 Å². The highest BCUT2D eigenvalue weighted by Crippen LogP contribution is 2.44. The van der Waals surface area contributed by atoms with Gasteiger partial charge in [-0.2, -0.15) is 4.31 Å². The van der Waals surface area contributed by atoms with Gasteiger partial charge in [-0.3, -0.25) is 9.69 Å². The highest BCUT2D eigenvalue weighted by atomic mass is 32.2. The molecule has 200 valence electrons. The molecule has 2 atom stereocenters. The van der Waals surface area contributed by atoms with Gasteiger partial charge in [0.1, 0.15) is 4.90 Å². The lowest BCUT2D eigenvalue weighted by molar-refractivity contribution is 0.0184. The fourth-order valence-electron chi connectivity index (χ4n) is 6.69. The summed E-state index contributed by atoms with van der Waals surface area (Å²) in [6.45, 7) is 0.781. The number of nitrogens with zero attached hydrogens (tertiary/aromatic N) is 2. The Bertz CT molecular complexity index is 1210. The van der Waals surface area contributed by atoms with Crippen molar-refractivity contribution in [1.82, 2.24) is 14.5 Å². The van der Waals surface area contributed by atoms with E-state index in [1.165, 1.54) is 17.0 Å². The van der Waals surface area contributed by atoms with Crippen LogP contribution in [0.4, 0.5) is 0 Å². The van der Waals surface area contributed by atoms with Gasteiger partial charge < -0.3 is 10.1 Å². The molecule has 2 heterocycles. The molecule has 7 nitrogen and oxygen atoms in total. The van der Waals surface area contributed by atoms with Crippen molar-refractivity contribution in [2.45, 2.75) is 93.4 Å². The number of sulfonamides is 1. The summed E-state index contributed by atoms with van der Waals surface area (Å²) in [4.78, 5) is 16.3. The monoisotopic (exact) mass is 525 g/mol. The summed E-state index contributed by atoms with van der Waals surface area (Å²) >= 11 is 0. The van der Waals surface area contributed by atoms with Crippen molar-refractivity contribution in [3.63, 3.8) is 0 Å². The summed E-state index contributed by atoms with van der Waals surface area (Å²) in [5.41, 5.74) is 1.06. The van der Waals surface area contributed by atoms with Crippen molar-refractivity contribution in [2.75, 3.05) is 14.2 Å². The second kappa shape index (κ2) is 10.8. The third kappa shape index (κ3) is 5.03. The number of para-hydroxylation sites is 1. The summed E-state index contributed by atoms with van der Waals surface area (Å²) in [7, 11) is -0.723. The van der Waals surface area contributed by atoms with Crippen LogP contribution in [0.3, 0.4) is 0 Å².